The number of ether oxygens (including phenoxy) is 2. The van der Waals surface area contributed by atoms with Crippen LogP contribution in [-0.4, -0.2) is 36.1 Å². The Morgan fingerprint density at radius 2 is 2.00 bits per heavy atom. The number of hydrogen-bond donors (Lipinski definition) is 0. The zero-order chi connectivity index (χ0) is 18.5. The molecule has 0 atom stereocenters. The standard InChI is InChI=1S/C18H19N3O5/c1-25-13-7-8-16(15(12-13)21(23)24)26-18(22)14-6-5-9-19-17(14)20-10-3-2-4-11-20/h5-9,12H,2-4,10-11H2,1H3. The molecular weight excluding hydrogens is 338 g/mol. The number of carbonyl (C=O) groups excluding carboxylic acids is 1. The SMILES string of the molecule is COc1ccc(OC(=O)c2cccnc2N2CCCCC2)c([N+](=O)[O-])c1. The van der Waals surface area contributed by atoms with Crippen LogP contribution in [0.2, 0.25) is 0 Å². The third kappa shape index (κ3) is 3.74. The van der Waals surface area contributed by atoms with Gasteiger partial charge in [-0.15, -0.1) is 0 Å². The van der Waals surface area contributed by atoms with Gasteiger partial charge in [0, 0.05) is 19.3 Å². The van der Waals surface area contributed by atoms with Gasteiger partial charge in [-0.05, 0) is 43.5 Å². The first-order valence-corrected chi connectivity index (χ1v) is 8.34. The third-order valence-electron chi connectivity index (χ3n) is 4.23. The topological polar surface area (TPSA) is 94.8 Å². The minimum Gasteiger partial charge on any atom is -0.496 e. The van der Waals surface area contributed by atoms with Crippen molar-refractivity contribution in [2.24, 2.45) is 0 Å². The Kier molecular flexibility index (Phi) is 5.31. The number of benzene rings is 1. The number of piperidine rings is 1. The second kappa shape index (κ2) is 7.81. The quantitative estimate of drug-likeness (QED) is 0.351. The summed E-state index contributed by atoms with van der Waals surface area (Å²) < 4.78 is 10.3. The van der Waals surface area contributed by atoms with E-state index in [1.165, 1.54) is 25.3 Å². The molecule has 0 radical (unpaired) electrons. The Morgan fingerprint density at radius 3 is 2.69 bits per heavy atom. The molecule has 8 nitrogen and oxygen atoms in total. The number of nitro groups is 1. The lowest BCUT2D eigenvalue weighted by Crippen LogP contribution is -2.32. The molecule has 0 amide bonds. The molecule has 2 heterocycles. The first-order chi connectivity index (χ1) is 12.6. The molecule has 0 aliphatic carbocycles. The molecule has 1 aliphatic rings. The average molecular weight is 357 g/mol. The summed E-state index contributed by atoms with van der Waals surface area (Å²) in [6, 6.07) is 7.34. The van der Waals surface area contributed by atoms with E-state index in [2.05, 4.69) is 4.98 Å². The molecule has 26 heavy (non-hydrogen) atoms. The zero-order valence-corrected chi connectivity index (χ0v) is 14.4. The summed E-state index contributed by atoms with van der Waals surface area (Å²) in [5, 5.41) is 11.3. The van der Waals surface area contributed by atoms with Crippen LogP contribution in [0.1, 0.15) is 29.6 Å². The molecule has 1 aromatic heterocycles. The van der Waals surface area contributed by atoms with Gasteiger partial charge in [0.1, 0.15) is 17.1 Å². The summed E-state index contributed by atoms with van der Waals surface area (Å²) in [5.74, 6) is 0.0569. The molecule has 0 saturated carbocycles. The van der Waals surface area contributed by atoms with Crippen LogP contribution in [0.5, 0.6) is 11.5 Å². The van der Waals surface area contributed by atoms with E-state index in [1.807, 2.05) is 4.90 Å². The molecule has 0 unspecified atom stereocenters. The van der Waals surface area contributed by atoms with Gasteiger partial charge in [0.05, 0.1) is 18.1 Å². The highest BCUT2D eigenvalue weighted by Crippen LogP contribution is 2.32. The predicted molar refractivity (Wildman–Crippen MR) is 94.9 cm³/mol. The van der Waals surface area contributed by atoms with E-state index < -0.39 is 10.9 Å². The van der Waals surface area contributed by atoms with Crippen molar-refractivity contribution < 1.29 is 19.2 Å². The lowest BCUT2D eigenvalue weighted by molar-refractivity contribution is -0.385. The second-order valence-electron chi connectivity index (χ2n) is 5.90. The van der Waals surface area contributed by atoms with Crippen molar-refractivity contribution in [3.8, 4) is 11.5 Å². The number of esters is 1. The highest BCUT2D eigenvalue weighted by molar-refractivity contribution is 5.96. The molecule has 1 saturated heterocycles. The molecule has 0 N–H and O–H groups in total. The first-order valence-electron chi connectivity index (χ1n) is 8.34. The van der Waals surface area contributed by atoms with Crippen LogP contribution in [0.15, 0.2) is 36.5 Å². The largest absolute Gasteiger partial charge is 0.496 e. The van der Waals surface area contributed by atoms with Gasteiger partial charge in [-0.2, -0.15) is 0 Å². The normalized spacial score (nSPS) is 14.0. The van der Waals surface area contributed by atoms with E-state index in [-0.39, 0.29) is 11.4 Å². The number of nitro benzene ring substituents is 1. The van der Waals surface area contributed by atoms with E-state index in [0.29, 0.717) is 17.1 Å². The first kappa shape index (κ1) is 17.7. The number of pyridine rings is 1. The summed E-state index contributed by atoms with van der Waals surface area (Å²) in [5.41, 5.74) is -0.0411. The molecule has 8 heteroatoms. The Morgan fingerprint density at radius 1 is 1.23 bits per heavy atom. The van der Waals surface area contributed by atoms with E-state index in [4.69, 9.17) is 9.47 Å². The highest BCUT2D eigenvalue weighted by atomic mass is 16.6. The Balaban J connectivity index is 1.88. The minimum absolute atomic E-state index is 0.130. The molecule has 0 bridgehead atoms. The van der Waals surface area contributed by atoms with E-state index in [1.54, 1.807) is 18.3 Å². The summed E-state index contributed by atoms with van der Waals surface area (Å²) >= 11 is 0. The van der Waals surface area contributed by atoms with Gasteiger partial charge in [0.15, 0.2) is 0 Å². The van der Waals surface area contributed by atoms with Crippen LogP contribution in [0.4, 0.5) is 11.5 Å². The van der Waals surface area contributed by atoms with Crippen LogP contribution in [0.3, 0.4) is 0 Å². The lowest BCUT2D eigenvalue weighted by atomic mass is 10.1. The fraction of sp³-hybridized carbons (Fsp3) is 0.333. The number of hydrogen-bond acceptors (Lipinski definition) is 7. The fourth-order valence-corrected chi connectivity index (χ4v) is 2.92. The van der Waals surface area contributed by atoms with Gasteiger partial charge < -0.3 is 14.4 Å². The van der Waals surface area contributed by atoms with Crippen LogP contribution in [-0.2, 0) is 0 Å². The number of methoxy groups -OCH3 is 1. The van der Waals surface area contributed by atoms with Gasteiger partial charge in [-0.25, -0.2) is 9.78 Å². The van der Waals surface area contributed by atoms with Crippen molar-refractivity contribution >= 4 is 17.5 Å². The number of nitrogens with zero attached hydrogens (tertiary/aromatic N) is 3. The van der Waals surface area contributed by atoms with Gasteiger partial charge >= 0.3 is 11.7 Å². The second-order valence-corrected chi connectivity index (χ2v) is 5.90. The van der Waals surface area contributed by atoms with E-state index >= 15 is 0 Å². The van der Waals surface area contributed by atoms with Crippen molar-refractivity contribution in [1.29, 1.82) is 0 Å². The predicted octanol–water partition coefficient (Wildman–Crippen LogP) is 3.21. The van der Waals surface area contributed by atoms with Crippen LogP contribution in [0, 0.1) is 10.1 Å². The number of carbonyl (C=O) groups is 1. The summed E-state index contributed by atoms with van der Waals surface area (Å²) in [6.07, 6.45) is 4.85. The Hall–Kier alpha value is -3.16. The minimum atomic E-state index is -0.674. The molecule has 2 aromatic rings. The lowest BCUT2D eigenvalue weighted by Gasteiger charge is -2.28. The van der Waals surface area contributed by atoms with E-state index in [0.717, 1.165) is 32.4 Å². The average Bonchev–Trinajstić information content (AvgIpc) is 2.68. The molecule has 1 fully saturated rings. The van der Waals surface area contributed by atoms with Gasteiger partial charge in [0.25, 0.3) is 0 Å². The van der Waals surface area contributed by atoms with Crippen molar-refractivity contribution in [1.82, 2.24) is 4.98 Å². The third-order valence-corrected chi connectivity index (χ3v) is 4.23. The molecule has 136 valence electrons. The maximum absolute atomic E-state index is 12.7. The van der Waals surface area contributed by atoms with Crippen molar-refractivity contribution in [3.05, 3.63) is 52.2 Å². The number of rotatable bonds is 5. The van der Waals surface area contributed by atoms with Crippen molar-refractivity contribution in [2.45, 2.75) is 19.3 Å². The summed E-state index contributed by atoms with van der Waals surface area (Å²) in [6.45, 7) is 1.64. The van der Waals surface area contributed by atoms with Gasteiger partial charge in [-0.1, -0.05) is 0 Å². The molecule has 3 rings (SSSR count). The van der Waals surface area contributed by atoms with Crippen LogP contribution < -0.4 is 14.4 Å². The molecule has 0 spiro atoms. The van der Waals surface area contributed by atoms with Crippen LogP contribution >= 0.6 is 0 Å². The summed E-state index contributed by atoms with van der Waals surface area (Å²) in [7, 11) is 1.41. The monoisotopic (exact) mass is 357 g/mol. The number of aromatic nitrogens is 1. The molecular formula is C18H19N3O5. The maximum atomic E-state index is 12.7. The Labute approximate surface area is 150 Å². The smallest absolute Gasteiger partial charge is 0.347 e. The van der Waals surface area contributed by atoms with Gasteiger partial charge in [0.2, 0.25) is 5.75 Å². The van der Waals surface area contributed by atoms with Gasteiger partial charge in [-0.3, -0.25) is 10.1 Å². The number of anilines is 1. The van der Waals surface area contributed by atoms with Crippen LogP contribution in [0.25, 0.3) is 0 Å². The highest BCUT2D eigenvalue weighted by Gasteiger charge is 2.24. The van der Waals surface area contributed by atoms with E-state index in [9.17, 15) is 14.9 Å². The van der Waals surface area contributed by atoms with Crippen molar-refractivity contribution in [2.75, 3.05) is 25.1 Å². The fourth-order valence-electron chi connectivity index (χ4n) is 2.92. The zero-order valence-electron chi connectivity index (χ0n) is 14.4. The summed E-state index contributed by atoms with van der Waals surface area (Å²) in [4.78, 5) is 29.7. The molecule has 1 aromatic carbocycles. The maximum Gasteiger partial charge on any atom is 0.347 e. The Bertz CT molecular complexity index is 818. The van der Waals surface area contributed by atoms with Crippen molar-refractivity contribution in [3.63, 3.8) is 0 Å². The molecule has 1 aliphatic heterocycles.